The summed E-state index contributed by atoms with van der Waals surface area (Å²) in [6.45, 7) is 1.54. The van der Waals surface area contributed by atoms with Crippen molar-refractivity contribution >= 4 is 12.0 Å². The zero-order valence-electron chi connectivity index (χ0n) is 12.8. The molecule has 0 bridgehead atoms. The molecule has 0 amide bonds. The molecule has 6 nitrogen and oxygen atoms in total. The number of alkyl halides is 3. The minimum atomic E-state index is -4.70. The molecule has 0 fully saturated rings. The van der Waals surface area contributed by atoms with Crippen LogP contribution in [0.1, 0.15) is 12.5 Å². The van der Waals surface area contributed by atoms with Gasteiger partial charge in [0.05, 0.1) is 10.5 Å². The molecule has 2 rings (SSSR count). The Bertz CT molecular complexity index is 774. The van der Waals surface area contributed by atoms with Gasteiger partial charge < -0.3 is 9.47 Å². The zero-order valence-corrected chi connectivity index (χ0v) is 12.8. The van der Waals surface area contributed by atoms with Crippen LogP contribution in [0.2, 0.25) is 0 Å². The van der Waals surface area contributed by atoms with E-state index in [2.05, 4.69) is 0 Å². The SMILES string of the molecule is CC(C=O)Oc1ccc(Oc2ccc(C(F)(F)F)cc2[N+](=O)[O-])cc1. The Hall–Kier alpha value is -3.10. The predicted molar refractivity (Wildman–Crippen MR) is 80.8 cm³/mol. The van der Waals surface area contributed by atoms with Crippen LogP contribution in [0, 0.1) is 10.1 Å². The van der Waals surface area contributed by atoms with Gasteiger partial charge in [0.2, 0.25) is 5.75 Å². The highest BCUT2D eigenvalue weighted by Gasteiger charge is 2.33. The highest BCUT2D eigenvalue weighted by Crippen LogP contribution is 2.38. The third-order valence-electron chi connectivity index (χ3n) is 3.05. The summed E-state index contributed by atoms with van der Waals surface area (Å²) in [6, 6.07) is 7.75. The van der Waals surface area contributed by atoms with Gasteiger partial charge in [0, 0.05) is 6.07 Å². The number of aldehydes is 1. The quantitative estimate of drug-likeness (QED) is 0.437. The third kappa shape index (κ3) is 4.69. The second-order valence-electron chi connectivity index (χ2n) is 4.97. The van der Waals surface area contributed by atoms with Crippen LogP contribution in [-0.2, 0) is 11.0 Å². The topological polar surface area (TPSA) is 78.7 Å². The van der Waals surface area contributed by atoms with E-state index in [1.165, 1.54) is 24.3 Å². The Morgan fingerprint density at radius 1 is 1.12 bits per heavy atom. The standard InChI is InChI=1S/C16H12F3NO5/c1-10(9-21)24-12-3-5-13(6-4-12)25-15-7-2-11(16(17,18)19)8-14(15)20(22)23/h2-10H,1H3. The van der Waals surface area contributed by atoms with Gasteiger partial charge in [-0.15, -0.1) is 0 Å². The number of nitro benzene ring substituents is 1. The molecule has 0 heterocycles. The molecule has 0 saturated carbocycles. The van der Waals surface area contributed by atoms with Crippen molar-refractivity contribution in [3.63, 3.8) is 0 Å². The van der Waals surface area contributed by atoms with Crippen LogP contribution in [0.15, 0.2) is 42.5 Å². The number of benzene rings is 2. The highest BCUT2D eigenvalue weighted by atomic mass is 19.4. The molecule has 0 aromatic heterocycles. The van der Waals surface area contributed by atoms with E-state index in [1.54, 1.807) is 6.92 Å². The van der Waals surface area contributed by atoms with Crippen LogP contribution in [0.25, 0.3) is 0 Å². The van der Waals surface area contributed by atoms with Gasteiger partial charge in [0.25, 0.3) is 0 Å². The van der Waals surface area contributed by atoms with Crippen molar-refractivity contribution in [1.29, 1.82) is 0 Å². The van der Waals surface area contributed by atoms with Crippen LogP contribution >= 0.6 is 0 Å². The van der Waals surface area contributed by atoms with E-state index in [1.807, 2.05) is 0 Å². The summed E-state index contributed by atoms with van der Waals surface area (Å²) in [4.78, 5) is 20.6. The molecule has 2 aromatic carbocycles. The third-order valence-corrected chi connectivity index (χ3v) is 3.05. The van der Waals surface area contributed by atoms with Gasteiger partial charge >= 0.3 is 11.9 Å². The van der Waals surface area contributed by atoms with Gasteiger partial charge in [-0.2, -0.15) is 13.2 Å². The number of ether oxygens (including phenoxy) is 2. The predicted octanol–water partition coefficient (Wildman–Crippen LogP) is 4.37. The van der Waals surface area contributed by atoms with Crippen molar-refractivity contribution in [2.75, 3.05) is 0 Å². The molecular formula is C16H12F3NO5. The maximum atomic E-state index is 12.7. The molecule has 0 saturated heterocycles. The van der Waals surface area contributed by atoms with Gasteiger partial charge in [-0.1, -0.05) is 0 Å². The van der Waals surface area contributed by atoms with Gasteiger partial charge in [0.15, 0.2) is 12.4 Å². The fraction of sp³-hybridized carbons (Fsp3) is 0.188. The van der Waals surface area contributed by atoms with Crippen LogP contribution in [0.3, 0.4) is 0 Å². The lowest BCUT2D eigenvalue weighted by atomic mass is 10.2. The molecule has 2 aromatic rings. The fourth-order valence-electron chi connectivity index (χ4n) is 1.88. The molecule has 0 radical (unpaired) electrons. The fourth-order valence-corrected chi connectivity index (χ4v) is 1.88. The molecule has 0 aliphatic heterocycles. The number of hydrogen-bond acceptors (Lipinski definition) is 5. The Labute approximate surface area is 139 Å². The molecule has 0 N–H and O–H groups in total. The Morgan fingerprint density at radius 3 is 2.24 bits per heavy atom. The maximum Gasteiger partial charge on any atom is 0.416 e. The number of carbonyl (C=O) groups excluding carboxylic acids is 1. The summed E-state index contributed by atoms with van der Waals surface area (Å²) in [5.41, 5.74) is -1.94. The molecule has 9 heteroatoms. The summed E-state index contributed by atoms with van der Waals surface area (Å²) in [7, 11) is 0. The van der Waals surface area contributed by atoms with E-state index in [-0.39, 0.29) is 11.5 Å². The lowest BCUT2D eigenvalue weighted by Gasteiger charge is -2.11. The summed E-state index contributed by atoms with van der Waals surface area (Å²) in [5.74, 6) is 0.204. The highest BCUT2D eigenvalue weighted by molar-refractivity contribution is 5.56. The molecule has 132 valence electrons. The summed E-state index contributed by atoms with van der Waals surface area (Å²) >= 11 is 0. The Balaban J connectivity index is 2.24. The number of nitrogens with zero attached hydrogens (tertiary/aromatic N) is 1. The first kappa shape index (κ1) is 18.2. The summed E-state index contributed by atoms with van der Waals surface area (Å²) in [6.07, 6.45) is -4.74. The van der Waals surface area contributed by atoms with E-state index >= 15 is 0 Å². The van der Waals surface area contributed by atoms with Crippen molar-refractivity contribution in [1.82, 2.24) is 0 Å². The van der Waals surface area contributed by atoms with Gasteiger partial charge in [-0.25, -0.2) is 0 Å². The number of rotatable bonds is 6. The monoisotopic (exact) mass is 355 g/mol. The average Bonchev–Trinajstić information content (AvgIpc) is 2.55. The van der Waals surface area contributed by atoms with Crippen molar-refractivity contribution in [3.8, 4) is 17.2 Å². The normalized spacial score (nSPS) is 12.3. The molecule has 0 aliphatic rings. The smallest absolute Gasteiger partial charge is 0.416 e. The van der Waals surface area contributed by atoms with Crippen molar-refractivity contribution < 1.29 is 32.4 Å². The van der Waals surface area contributed by atoms with Gasteiger partial charge in [0.1, 0.15) is 11.5 Å². The molecule has 25 heavy (non-hydrogen) atoms. The lowest BCUT2D eigenvalue weighted by Crippen LogP contribution is -2.12. The first-order valence-corrected chi connectivity index (χ1v) is 6.96. The zero-order chi connectivity index (χ0) is 18.6. The molecule has 0 aliphatic carbocycles. The van der Waals surface area contributed by atoms with E-state index in [4.69, 9.17) is 9.47 Å². The maximum absolute atomic E-state index is 12.7. The second kappa shape index (κ2) is 7.20. The van der Waals surface area contributed by atoms with Crippen LogP contribution in [0.5, 0.6) is 17.2 Å². The minimum absolute atomic E-state index is 0.161. The summed E-state index contributed by atoms with van der Waals surface area (Å²) < 4.78 is 48.5. The van der Waals surface area contributed by atoms with E-state index < -0.39 is 28.5 Å². The summed E-state index contributed by atoms with van der Waals surface area (Å²) in [5, 5.41) is 11.0. The number of nitro groups is 1. The van der Waals surface area contributed by atoms with Crippen LogP contribution in [0.4, 0.5) is 18.9 Å². The van der Waals surface area contributed by atoms with Crippen molar-refractivity contribution in [3.05, 3.63) is 58.1 Å². The molecule has 1 atom stereocenters. The molecular weight excluding hydrogens is 343 g/mol. The Morgan fingerprint density at radius 2 is 1.72 bits per heavy atom. The largest absolute Gasteiger partial charge is 0.483 e. The average molecular weight is 355 g/mol. The van der Waals surface area contributed by atoms with Crippen molar-refractivity contribution in [2.24, 2.45) is 0 Å². The van der Waals surface area contributed by atoms with Crippen LogP contribution < -0.4 is 9.47 Å². The number of carbonyl (C=O) groups is 1. The Kier molecular flexibility index (Phi) is 5.26. The first-order chi connectivity index (χ1) is 11.7. The van der Waals surface area contributed by atoms with E-state index in [0.29, 0.717) is 24.2 Å². The second-order valence-corrected chi connectivity index (χ2v) is 4.97. The number of halogens is 3. The van der Waals surface area contributed by atoms with Crippen molar-refractivity contribution in [2.45, 2.75) is 19.2 Å². The van der Waals surface area contributed by atoms with E-state index in [0.717, 1.165) is 6.07 Å². The van der Waals surface area contributed by atoms with Crippen LogP contribution in [-0.4, -0.2) is 17.3 Å². The van der Waals surface area contributed by atoms with Gasteiger partial charge in [-0.3, -0.25) is 14.9 Å². The lowest BCUT2D eigenvalue weighted by molar-refractivity contribution is -0.385. The van der Waals surface area contributed by atoms with E-state index in [9.17, 15) is 28.1 Å². The van der Waals surface area contributed by atoms with Gasteiger partial charge in [-0.05, 0) is 43.3 Å². The first-order valence-electron chi connectivity index (χ1n) is 6.96. The molecule has 0 spiro atoms. The number of hydrogen-bond donors (Lipinski definition) is 0. The minimum Gasteiger partial charge on any atom is -0.483 e. The molecule has 1 unspecified atom stereocenters.